The van der Waals surface area contributed by atoms with Gasteiger partial charge in [-0.1, -0.05) is 133 Å². The molecule has 1 aliphatic rings. The second kappa shape index (κ2) is 11.5. The van der Waals surface area contributed by atoms with E-state index in [2.05, 4.69) is 158 Å². The van der Waals surface area contributed by atoms with Gasteiger partial charge in [-0.15, -0.1) is 0 Å². The van der Waals surface area contributed by atoms with Gasteiger partial charge in [-0.05, 0) is 36.1 Å². The first kappa shape index (κ1) is 24.2. The summed E-state index contributed by atoms with van der Waals surface area (Å²) in [6.45, 7) is 4.57. The molecule has 4 aromatic rings. The molecule has 0 unspecified atom stereocenters. The second-order valence-electron chi connectivity index (χ2n) is 9.91. The van der Waals surface area contributed by atoms with Crippen LogP contribution in [-0.2, 0) is 0 Å². The summed E-state index contributed by atoms with van der Waals surface area (Å²) >= 11 is 0. The molecule has 6 atom stereocenters. The van der Waals surface area contributed by atoms with Crippen molar-refractivity contribution in [3.63, 3.8) is 0 Å². The van der Waals surface area contributed by atoms with Gasteiger partial charge < -0.3 is 10.6 Å². The van der Waals surface area contributed by atoms with E-state index in [9.17, 15) is 0 Å². The molecule has 2 heteroatoms. The Labute approximate surface area is 216 Å². The molecule has 0 bridgehead atoms. The Hall–Kier alpha value is -3.46. The van der Waals surface area contributed by atoms with Crippen LogP contribution in [0.4, 0.5) is 0 Å². The molecule has 182 valence electrons. The van der Waals surface area contributed by atoms with E-state index in [1.165, 1.54) is 22.3 Å². The second-order valence-corrected chi connectivity index (χ2v) is 9.91. The maximum Gasteiger partial charge on any atom is 0.0339 e. The largest absolute Gasteiger partial charge is 0.305 e. The first-order valence-electron chi connectivity index (χ1n) is 13.1. The van der Waals surface area contributed by atoms with E-state index in [0.29, 0.717) is 0 Å². The number of hydrogen-bond donors (Lipinski definition) is 2. The summed E-state index contributed by atoms with van der Waals surface area (Å²) in [6.07, 6.45) is 4.85. The van der Waals surface area contributed by atoms with Crippen LogP contribution in [0.1, 0.15) is 60.0 Å². The lowest BCUT2D eigenvalue weighted by molar-refractivity contribution is 0.275. The van der Waals surface area contributed by atoms with E-state index in [1.54, 1.807) is 0 Å². The highest BCUT2D eigenvalue weighted by atomic mass is 15.1. The number of benzene rings is 4. The van der Waals surface area contributed by atoms with Crippen molar-refractivity contribution in [3.8, 4) is 0 Å². The van der Waals surface area contributed by atoms with E-state index in [-0.39, 0.29) is 36.0 Å². The summed E-state index contributed by atoms with van der Waals surface area (Å²) in [7, 11) is 0. The molecule has 4 aromatic carbocycles. The highest BCUT2D eigenvalue weighted by molar-refractivity contribution is 5.37. The van der Waals surface area contributed by atoms with Crippen molar-refractivity contribution in [2.75, 3.05) is 0 Å². The third-order valence-corrected chi connectivity index (χ3v) is 7.54. The zero-order valence-electron chi connectivity index (χ0n) is 21.2. The number of rotatable bonds is 8. The molecule has 0 aliphatic heterocycles. The van der Waals surface area contributed by atoms with Crippen LogP contribution in [0, 0.1) is 0 Å². The molecule has 0 heterocycles. The summed E-state index contributed by atoms with van der Waals surface area (Å²) in [5, 5.41) is 8.15. The van der Waals surface area contributed by atoms with Crippen LogP contribution in [0.3, 0.4) is 0 Å². The standard InChI is InChI=1S/C34H36N2/c1-25(27-15-7-3-8-16-27)35-33-31(29-19-11-5-12-20-29)23-24-32(30-21-13-6-14-22-30)34(33)36-26(2)28-17-9-4-10-18-28/h3-26,31-36H,1-2H3/t25-,26-,31+,32+,33+,34+/m0/s1. The van der Waals surface area contributed by atoms with Crippen molar-refractivity contribution in [2.45, 2.75) is 49.9 Å². The van der Waals surface area contributed by atoms with Crippen molar-refractivity contribution in [1.29, 1.82) is 0 Å². The summed E-state index contributed by atoms with van der Waals surface area (Å²) in [6, 6.07) is 44.3. The van der Waals surface area contributed by atoms with Gasteiger partial charge in [-0.25, -0.2) is 0 Å². The predicted octanol–water partition coefficient (Wildman–Crippen LogP) is 7.56. The molecule has 2 N–H and O–H groups in total. The summed E-state index contributed by atoms with van der Waals surface area (Å²) in [4.78, 5) is 0. The molecule has 0 aromatic heterocycles. The van der Waals surface area contributed by atoms with Gasteiger partial charge in [-0.3, -0.25) is 0 Å². The van der Waals surface area contributed by atoms with Crippen molar-refractivity contribution in [1.82, 2.24) is 10.6 Å². The maximum absolute atomic E-state index is 4.08. The van der Waals surface area contributed by atoms with Crippen molar-refractivity contribution in [3.05, 3.63) is 156 Å². The summed E-state index contributed by atoms with van der Waals surface area (Å²) < 4.78 is 0. The molecule has 2 nitrogen and oxygen atoms in total. The Bertz CT molecular complexity index is 1120. The van der Waals surface area contributed by atoms with Gasteiger partial charge in [0.2, 0.25) is 0 Å². The number of hydrogen-bond acceptors (Lipinski definition) is 2. The fourth-order valence-corrected chi connectivity index (χ4v) is 5.58. The van der Waals surface area contributed by atoms with E-state index in [0.717, 1.165) is 0 Å². The van der Waals surface area contributed by atoms with Gasteiger partial charge in [0, 0.05) is 36.0 Å². The van der Waals surface area contributed by atoms with Crippen LogP contribution in [0.15, 0.2) is 133 Å². The van der Waals surface area contributed by atoms with E-state index >= 15 is 0 Å². The van der Waals surface area contributed by atoms with Crippen LogP contribution in [0.2, 0.25) is 0 Å². The molecule has 0 fully saturated rings. The molecule has 5 rings (SSSR count). The Morgan fingerprint density at radius 3 is 1.08 bits per heavy atom. The van der Waals surface area contributed by atoms with Gasteiger partial charge in [0.05, 0.1) is 0 Å². The topological polar surface area (TPSA) is 24.1 Å². The van der Waals surface area contributed by atoms with Crippen LogP contribution >= 0.6 is 0 Å². The van der Waals surface area contributed by atoms with Crippen molar-refractivity contribution in [2.24, 2.45) is 0 Å². The Morgan fingerprint density at radius 2 is 0.750 bits per heavy atom. The summed E-state index contributed by atoms with van der Waals surface area (Å²) in [5.74, 6) is 0.524. The average Bonchev–Trinajstić information content (AvgIpc) is 2.95. The minimum absolute atomic E-state index is 0.198. The van der Waals surface area contributed by atoms with Gasteiger partial charge >= 0.3 is 0 Å². The molecule has 0 radical (unpaired) electrons. The average molecular weight is 473 g/mol. The van der Waals surface area contributed by atoms with Crippen LogP contribution in [0.5, 0.6) is 0 Å². The van der Waals surface area contributed by atoms with Crippen molar-refractivity contribution >= 4 is 0 Å². The molecule has 0 spiro atoms. The first-order valence-corrected chi connectivity index (χ1v) is 13.1. The normalized spacial score (nSPS) is 23.2. The monoisotopic (exact) mass is 472 g/mol. The molecular weight excluding hydrogens is 436 g/mol. The molecule has 36 heavy (non-hydrogen) atoms. The third kappa shape index (κ3) is 5.51. The van der Waals surface area contributed by atoms with Gasteiger partial charge in [-0.2, -0.15) is 0 Å². The molecule has 0 amide bonds. The molecule has 1 aliphatic carbocycles. The van der Waals surface area contributed by atoms with E-state index in [4.69, 9.17) is 0 Å². The van der Waals surface area contributed by atoms with Crippen LogP contribution < -0.4 is 10.6 Å². The number of nitrogens with one attached hydrogen (secondary N) is 2. The zero-order valence-corrected chi connectivity index (χ0v) is 21.2. The lowest BCUT2D eigenvalue weighted by Gasteiger charge is -2.44. The maximum atomic E-state index is 4.08. The lowest BCUT2D eigenvalue weighted by Crippen LogP contribution is -2.56. The van der Waals surface area contributed by atoms with E-state index in [1.807, 2.05) is 0 Å². The third-order valence-electron chi connectivity index (χ3n) is 7.54. The summed E-state index contributed by atoms with van der Waals surface area (Å²) in [5.41, 5.74) is 5.31. The smallest absolute Gasteiger partial charge is 0.0339 e. The molecule has 0 saturated heterocycles. The predicted molar refractivity (Wildman–Crippen MR) is 151 cm³/mol. The highest BCUT2D eigenvalue weighted by Crippen LogP contribution is 2.38. The highest BCUT2D eigenvalue weighted by Gasteiger charge is 2.39. The SMILES string of the molecule is C[C@H](N[C@H]1[C@H](N[C@@H](C)c2ccccc2)[C@@H](c2ccccc2)C=C[C@@H]1c1ccccc1)c1ccccc1. The van der Waals surface area contributed by atoms with Gasteiger partial charge in [0.1, 0.15) is 0 Å². The Morgan fingerprint density at radius 1 is 0.444 bits per heavy atom. The molecule has 0 saturated carbocycles. The Kier molecular flexibility index (Phi) is 7.76. The van der Waals surface area contributed by atoms with Crippen molar-refractivity contribution < 1.29 is 0 Å². The Balaban J connectivity index is 1.55. The fraction of sp³-hybridized carbons (Fsp3) is 0.235. The fourth-order valence-electron chi connectivity index (χ4n) is 5.58. The van der Waals surface area contributed by atoms with E-state index < -0.39 is 0 Å². The lowest BCUT2D eigenvalue weighted by atomic mass is 9.73. The minimum Gasteiger partial charge on any atom is -0.305 e. The van der Waals surface area contributed by atoms with Crippen LogP contribution in [-0.4, -0.2) is 12.1 Å². The van der Waals surface area contributed by atoms with Gasteiger partial charge in [0.25, 0.3) is 0 Å². The first-order chi connectivity index (χ1) is 17.7. The molecular formula is C34H36N2. The zero-order chi connectivity index (χ0) is 24.7. The van der Waals surface area contributed by atoms with Gasteiger partial charge in [0.15, 0.2) is 0 Å². The quantitative estimate of drug-likeness (QED) is 0.259. The van der Waals surface area contributed by atoms with Crippen LogP contribution in [0.25, 0.3) is 0 Å². The minimum atomic E-state index is 0.198.